The van der Waals surface area contributed by atoms with Crippen LogP contribution in [0.4, 0.5) is 0 Å². The van der Waals surface area contributed by atoms with Crippen LogP contribution in [0.2, 0.25) is 0 Å². The van der Waals surface area contributed by atoms with E-state index in [2.05, 4.69) is 33.0 Å². The van der Waals surface area contributed by atoms with Crippen LogP contribution >= 0.6 is 0 Å². The van der Waals surface area contributed by atoms with Crippen LogP contribution in [-0.2, 0) is 4.74 Å². The zero-order valence-corrected chi connectivity index (χ0v) is 12.9. The maximum absolute atomic E-state index is 5.39. The zero-order valence-electron chi connectivity index (χ0n) is 12.9. The normalized spacial score (nSPS) is 29.2. The average molecular weight is 253 g/mol. The molecule has 1 atom stereocenters. The second kappa shape index (κ2) is 5.13. The summed E-state index contributed by atoms with van der Waals surface area (Å²) >= 11 is 0. The highest BCUT2D eigenvalue weighted by Gasteiger charge is 2.40. The first-order valence-corrected chi connectivity index (χ1v) is 7.56. The van der Waals surface area contributed by atoms with Gasteiger partial charge in [0.25, 0.3) is 0 Å². The summed E-state index contributed by atoms with van der Waals surface area (Å²) in [6, 6.07) is 1.26. The third-order valence-electron chi connectivity index (χ3n) is 4.54. The third-order valence-corrected chi connectivity index (χ3v) is 4.54. The maximum Gasteiger partial charge on any atom is 0.0618 e. The number of nitrogens with one attached hydrogen (secondary N) is 1. The molecule has 2 rings (SSSR count). The van der Waals surface area contributed by atoms with Gasteiger partial charge in [-0.2, -0.15) is 0 Å². The van der Waals surface area contributed by atoms with Crippen molar-refractivity contribution in [3.8, 4) is 0 Å². The number of hydrogen-bond donors (Lipinski definition) is 1. The maximum atomic E-state index is 5.39. The van der Waals surface area contributed by atoms with Gasteiger partial charge in [-0.25, -0.2) is 0 Å². The van der Waals surface area contributed by atoms with Gasteiger partial charge in [-0.15, -0.1) is 0 Å². The van der Waals surface area contributed by atoms with Gasteiger partial charge in [-0.3, -0.25) is 0 Å². The largest absolute Gasteiger partial charge is 0.383 e. The number of methoxy groups -OCH3 is 1. The summed E-state index contributed by atoms with van der Waals surface area (Å²) in [5.41, 5.74) is 0.946. The molecule has 0 aliphatic heterocycles. The molecule has 2 aliphatic rings. The molecule has 0 amide bonds. The van der Waals surface area contributed by atoms with Gasteiger partial charge in [-0.1, -0.05) is 27.7 Å². The molecule has 2 saturated carbocycles. The number of hydrogen-bond acceptors (Lipinski definition) is 2. The highest BCUT2D eigenvalue weighted by atomic mass is 16.5. The molecule has 0 spiro atoms. The van der Waals surface area contributed by atoms with E-state index in [1.807, 2.05) is 7.11 Å². The molecule has 0 aromatic heterocycles. The summed E-state index contributed by atoms with van der Waals surface area (Å²) in [6.07, 6.45) is 6.74. The summed E-state index contributed by atoms with van der Waals surface area (Å²) in [5, 5.41) is 3.91. The second-order valence-electron chi connectivity index (χ2n) is 8.18. The van der Waals surface area contributed by atoms with E-state index in [4.69, 9.17) is 4.74 Å². The highest BCUT2D eigenvalue weighted by Crippen LogP contribution is 2.46. The number of ether oxygens (including phenoxy) is 1. The van der Waals surface area contributed by atoms with Crippen molar-refractivity contribution in [3.63, 3.8) is 0 Å². The number of rotatable bonds is 5. The molecule has 2 nitrogen and oxygen atoms in total. The van der Waals surface area contributed by atoms with Gasteiger partial charge in [-0.05, 0) is 48.9 Å². The molecule has 0 radical (unpaired) electrons. The molecule has 1 N–H and O–H groups in total. The monoisotopic (exact) mass is 253 g/mol. The smallest absolute Gasteiger partial charge is 0.0618 e. The van der Waals surface area contributed by atoms with Gasteiger partial charge in [0.05, 0.1) is 6.61 Å². The van der Waals surface area contributed by atoms with Crippen molar-refractivity contribution in [3.05, 3.63) is 0 Å². The van der Waals surface area contributed by atoms with Crippen LogP contribution in [0.5, 0.6) is 0 Å². The highest BCUT2D eigenvalue weighted by molar-refractivity contribution is 4.95. The fraction of sp³-hybridized carbons (Fsp3) is 1.00. The minimum atomic E-state index is 0.473. The van der Waals surface area contributed by atoms with E-state index in [0.717, 1.165) is 12.5 Å². The Bertz CT molecular complexity index is 265. The van der Waals surface area contributed by atoms with E-state index in [-0.39, 0.29) is 0 Å². The van der Waals surface area contributed by atoms with E-state index < -0.39 is 0 Å². The lowest BCUT2D eigenvalue weighted by Gasteiger charge is -2.46. The quantitative estimate of drug-likeness (QED) is 0.808. The molecule has 18 heavy (non-hydrogen) atoms. The van der Waals surface area contributed by atoms with Crippen LogP contribution in [-0.4, -0.2) is 25.8 Å². The van der Waals surface area contributed by atoms with Crippen LogP contribution < -0.4 is 5.32 Å². The zero-order chi connectivity index (χ0) is 13.4. The van der Waals surface area contributed by atoms with E-state index in [1.165, 1.54) is 32.1 Å². The minimum Gasteiger partial charge on any atom is -0.383 e. The molecule has 1 unspecified atom stereocenters. The van der Waals surface area contributed by atoms with Crippen LogP contribution in [0.15, 0.2) is 0 Å². The molecule has 0 heterocycles. The van der Waals surface area contributed by atoms with Crippen molar-refractivity contribution in [1.29, 1.82) is 0 Å². The summed E-state index contributed by atoms with van der Waals surface area (Å²) in [7, 11) is 1.83. The molecule has 0 bridgehead atoms. The van der Waals surface area contributed by atoms with Crippen molar-refractivity contribution in [2.45, 2.75) is 71.9 Å². The first-order valence-electron chi connectivity index (χ1n) is 7.56. The van der Waals surface area contributed by atoms with E-state index >= 15 is 0 Å². The van der Waals surface area contributed by atoms with E-state index in [0.29, 0.717) is 22.9 Å². The predicted octanol–water partition coefficient (Wildman–Crippen LogP) is 3.61. The van der Waals surface area contributed by atoms with Crippen molar-refractivity contribution in [2.75, 3.05) is 13.7 Å². The first kappa shape index (κ1) is 14.3. The Morgan fingerprint density at radius 1 is 1.11 bits per heavy atom. The van der Waals surface area contributed by atoms with Crippen LogP contribution in [0.1, 0.15) is 59.8 Å². The Kier molecular flexibility index (Phi) is 4.08. The van der Waals surface area contributed by atoms with Gasteiger partial charge in [0.1, 0.15) is 0 Å². The van der Waals surface area contributed by atoms with Gasteiger partial charge in [0, 0.05) is 19.2 Å². The van der Waals surface area contributed by atoms with Crippen molar-refractivity contribution in [2.24, 2.45) is 16.7 Å². The minimum absolute atomic E-state index is 0.473. The topological polar surface area (TPSA) is 21.3 Å². The lowest BCUT2D eigenvalue weighted by Crippen LogP contribution is -2.49. The van der Waals surface area contributed by atoms with Gasteiger partial charge in [0.15, 0.2) is 0 Å². The lowest BCUT2D eigenvalue weighted by atomic mass is 9.63. The molecule has 2 fully saturated rings. The standard InChI is InChI=1S/C16H31NO/c1-15(2)8-13(9-16(3,4)11-15)17-14(10-18-5)12-6-7-12/h12-14,17H,6-11H2,1-5H3. The Morgan fingerprint density at radius 2 is 1.67 bits per heavy atom. The molecular formula is C16H31NO. The third kappa shape index (κ3) is 3.96. The SMILES string of the molecule is COCC(NC1CC(C)(C)CC(C)(C)C1)C1CC1. The van der Waals surface area contributed by atoms with Crippen LogP contribution in [0.25, 0.3) is 0 Å². The Hall–Kier alpha value is -0.0800. The molecule has 0 aromatic carbocycles. The molecule has 0 saturated heterocycles. The van der Waals surface area contributed by atoms with Crippen LogP contribution in [0.3, 0.4) is 0 Å². The molecule has 2 heteroatoms. The Morgan fingerprint density at radius 3 is 2.11 bits per heavy atom. The van der Waals surface area contributed by atoms with E-state index in [1.54, 1.807) is 0 Å². The van der Waals surface area contributed by atoms with Gasteiger partial charge >= 0.3 is 0 Å². The van der Waals surface area contributed by atoms with E-state index in [9.17, 15) is 0 Å². The van der Waals surface area contributed by atoms with Crippen molar-refractivity contribution >= 4 is 0 Å². The summed E-state index contributed by atoms with van der Waals surface area (Å²) in [4.78, 5) is 0. The van der Waals surface area contributed by atoms with Crippen molar-refractivity contribution in [1.82, 2.24) is 5.32 Å². The fourth-order valence-electron chi connectivity index (χ4n) is 4.27. The molecular weight excluding hydrogens is 222 g/mol. The fourth-order valence-corrected chi connectivity index (χ4v) is 4.27. The Balaban J connectivity index is 1.94. The predicted molar refractivity (Wildman–Crippen MR) is 76.7 cm³/mol. The second-order valence-corrected chi connectivity index (χ2v) is 8.18. The van der Waals surface area contributed by atoms with Crippen molar-refractivity contribution < 1.29 is 4.74 Å². The summed E-state index contributed by atoms with van der Waals surface area (Å²) in [6.45, 7) is 10.6. The Labute approximate surface area is 113 Å². The van der Waals surface area contributed by atoms with Crippen LogP contribution in [0, 0.1) is 16.7 Å². The van der Waals surface area contributed by atoms with Gasteiger partial charge < -0.3 is 10.1 Å². The lowest BCUT2D eigenvalue weighted by molar-refractivity contribution is 0.0679. The summed E-state index contributed by atoms with van der Waals surface area (Å²) in [5.74, 6) is 0.873. The average Bonchev–Trinajstić information content (AvgIpc) is 2.94. The molecule has 106 valence electrons. The van der Waals surface area contributed by atoms with Gasteiger partial charge in [0.2, 0.25) is 0 Å². The first-order chi connectivity index (χ1) is 8.31. The molecule has 2 aliphatic carbocycles. The molecule has 0 aromatic rings. The summed E-state index contributed by atoms with van der Waals surface area (Å²) < 4.78 is 5.39.